The highest BCUT2D eigenvalue weighted by Gasteiger charge is 2.25. The van der Waals surface area contributed by atoms with E-state index in [9.17, 15) is 19.6 Å². The molecule has 1 unspecified atom stereocenters. The Kier molecular flexibility index (Phi) is 7.01. The predicted octanol–water partition coefficient (Wildman–Crippen LogP) is 0.878. The van der Waals surface area contributed by atoms with Crippen LogP contribution in [0.5, 0.6) is 0 Å². The van der Waals surface area contributed by atoms with E-state index in [1.165, 1.54) is 6.08 Å². The van der Waals surface area contributed by atoms with Gasteiger partial charge < -0.3 is 15.4 Å². The second-order valence-electron chi connectivity index (χ2n) is 5.38. The molecule has 0 saturated heterocycles. The van der Waals surface area contributed by atoms with Gasteiger partial charge in [0.2, 0.25) is 5.91 Å². The number of nitrogens with one attached hydrogen (secondary N) is 1. The van der Waals surface area contributed by atoms with Crippen LogP contribution in [0.4, 0.5) is 0 Å². The van der Waals surface area contributed by atoms with E-state index in [2.05, 4.69) is 11.9 Å². The standard InChI is InChI=1S/C16H22BNO4/c1-4-14(19)7-8-16(20)18-15(17(21)22)10-13-6-5-11(2)12(3)9-13/h4-6,9,15,21-22H,1,7-8,10H2,2-3H3,(H,18,20). The Hall–Kier alpha value is -1.92. The molecule has 1 aromatic carbocycles. The first kappa shape index (κ1) is 18.1. The number of aryl methyl sites for hydroxylation is 2. The molecule has 5 nitrogen and oxygen atoms in total. The topological polar surface area (TPSA) is 86.6 Å². The van der Waals surface area contributed by atoms with Crippen LogP contribution in [-0.4, -0.2) is 34.8 Å². The van der Waals surface area contributed by atoms with Crippen molar-refractivity contribution in [3.63, 3.8) is 0 Å². The molecule has 0 spiro atoms. The van der Waals surface area contributed by atoms with Crippen LogP contribution in [0.25, 0.3) is 0 Å². The van der Waals surface area contributed by atoms with E-state index in [1.54, 1.807) is 0 Å². The van der Waals surface area contributed by atoms with Crippen LogP contribution in [0.2, 0.25) is 0 Å². The zero-order chi connectivity index (χ0) is 16.7. The Morgan fingerprint density at radius 2 is 1.95 bits per heavy atom. The molecule has 1 amide bonds. The first-order valence-electron chi connectivity index (χ1n) is 7.20. The molecule has 0 aromatic heterocycles. The summed E-state index contributed by atoms with van der Waals surface area (Å²) in [6, 6.07) is 5.80. The highest BCUT2D eigenvalue weighted by atomic mass is 16.4. The van der Waals surface area contributed by atoms with Gasteiger partial charge in [-0.15, -0.1) is 0 Å². The first-order valence-corrected chi connectivity index (χ1v) is 7.20. The minimum atomic E-state index is -1.67. The van der Waals surface area contributed by atoms with Gasteiger partial charge in [-0.3, -0.25) is 9.59 Å². The molecule has 118 valence electrons. The third-order valence-electron chi connectivity index (χ3n) is 3.56. The minimum absolute atomic E-state index is 0.000991. The third kappa shape index (κ3) is 5.83. The quantitative estimate of drug-likeness (QED) is 0.491. The maximum atomic E-state index is 11.8. The van der Waals surface area contributed by atoms with Crippen LogP contribution in [0.1, 0.15) is 29.5 Å². The van der Waals surface area contributed by atoms with E-state index in [1.807, 2.05) is 32.0 Å². The van der Waals surface area contributed by atoms with Crippen LogP contribution in [0.15, 0.2) is 30.9 Å². The largest absolute Gasteiger partial charge is 0.475 e. The lowest BCUT2D eigenvalue weighted by atomic mass is 9.75. The molecular formula is C16H22BNO4. The summed E-state index contributed by atoms with van der Waals surface area (Å²) >= 11 is 0. The Bertz CT molecular complexity index is 557. The van der Waals surface area contributed by atoms with Crippen molar-refractivity contribution in [2.45, 2.75) is 39.1 Å². The summed E-state index contributed by atoms with van der Waals surface area (Å²) in [4.78, 5) is 22.9. The number of allylic oxidation sites excluding steroid dienone is 1. The number of carbonyl (C=O) groups is 2. The lowest BCUT2D eigenvalue weighted by molar-refractivity contribution is -0.124. The SMILES string of the molecule is C=CC(=O)CCC(=O)NC(Cc1ccc(C)c(C)c1)B(O)O. The monoisotopic (exact) mass is 303 g/mol. The predicted molar refractivity (Wildman–Crippen MR) is 86.2 cm³/mol. The fourth-order valence-electron chi connectivity index (χ4n) is 2.03. The van der Waals surface area contributed by atoms with E-state index in [4.69, 9.17) is 0 Å². The molecule has 3 N–H and O–H groups in total. The summed E-state index contributed by atoms with van der Waals surface area (Å²) in [7, 11) is -1.67. The summed E-state index contributed by atoms with van der Waals surface area (Å²) in [5.41, 5.74) is 3.16. The Balaban J connectivity index is 2.65. The normalized spacial score (nSPS) is 11.6. The van der Waals surface area contributed by atoms with Gasteiger partial charge >= 0.3 is 7.12 Å². The average molecular weight is 303 g/mol. The second kappa shape index (κ2) is 8.51. The number of hydrogen-bond acceptors (Lipinski definition) is 4. The van der Waals surface area contributed by atoms with Crippen molar-refractivity contribution in [2.75, 3.05) is 0 Å². The second-order valence-corrected chi connectivity index (χ2v) is 5.38. The molecule has 0 aliphatic heterocycles. The van der Waals surface area contributed by atoms with Gasteiger partial charge in [0, 0.05) is 12.8 Å². The Morgan fingerprint density at radius 3 is 2.50 bits per heavy atom. The molecular weight excluding hydrogens is 281 g/mol. The molecule has 6 heteroatoms. The van der Waals surface area contributed by atoms with Crippen LogP contribution >= 0.6 is 0 Å². The van der Waals surface area contributed by atoms with Crippen LogP contribution < -0.4 is 5.32 Å². The van der Waals surface area contributed by atoms with Gasteiger partial charge in [-0.1, -0.05) is 24.8 Å². The van der Waals surface area contributed by atoms with Gasteiger partial charge in [-0.05, 0) is 43.0 Å². The van der Waals surface area contributed by atoms with Gasteiger partial charge in [0.1, 0.15) is 0 Å². The van der Waals surface area contributed by atoms with Gasteiger partial charge in [-0.2, -0.15) is 0 Å². The molecule has 0 saturated carbocycles. The molecule has 0 bridgehead atoms. The van der Waals surface area contributed by atoms with Gasteiger partial charge in [-0.25, -0.2) is 0 Å². The van der Waals surface area contributed by atoms with Crippen LogP contribution in [-0.2, 0) is 16.0 Å². The molecule has 1 rings (SSSR count). The number of hydrogen-bond donors (Lipinski definition) is 3. The maximum absolute atomic E-state index is 11.8. The van der Waals surface area contributed by atoms with Crippen molar-refractivity contribution < 1.29 is 19.6 Å². The molecule has 0 aliphatic rings. The smallest absolute Gasteiger partial charge is 0.426 e. The first-order chi connectivity index (χ1) is 10.3. The Labute approximate surface area is 131 Å². The van der Waals surface area contributed by atoms with E-state index >= 15 is 0 Å². The fourth-order valence-corrected chi connectivity index (χ4v) is 2.03. The van der Waals surface area contributed by atoms with Gasteiger partial charge in [0.05, 0.1) is 5.94 Å². The summed E-state index contributed by atoms with van der Waals surface area (Å²) in [5, 5.41) is 21.4. The lowest BCUT2D eigenvalue weighted by Gasteiger charge is -2.18. The molecule has 0 aliphatic carbocycles. The van der Waals surface area contributed by atoms with Crippen molar-refractivity contribution in [1.82, 2.24) is 5.32 Å². The number of amides is 1. The van der Waals surface area contributed by atoms with Crippen molar-refractivity contribution in [3.05, 3.63) is 47.5 Å². The average Bonchev–Trinajstić information content (AvgIpc) is 2.47. The van der Waals surface area contributed by atoms with Crippen molar-refractivity contribution >= 4 is 18.8 Å². The van der Waals surface area contributed by atoms with E-state index in [-0.39, 0.29) is 18.6 Å². The van der Waals surface area contributed by atoms with Gasteiger partial charge in [0.15, 0.2) is 5.78 Å². The number of carbonyl (C=O) groups excluding carboxylic acids is 2. The van der Waals surface area contributed by atoms with E-state index in [0.717, 1.165) is 16.7 Å². The Morgan fingerprint density at radius 1 is 1.27 bits per heavy atom. The zero-order valence-electron chi connectivity index (χ0n) is 13.0. The number of ketones is 1. The summed E-state index contributed by atoms with van der Waals surface area (Å²) in [6.45, 7) is 7.31. The third-order valence-corrected chi connectivity index (χ3v) is 3.56. The fraction of sp³-hybridized carbons (Fsp3) is 0.375. The molecule has 0 fully saturated rings. The summed E-state index contributed by atoms with van der Waals surface area (Å²) in [6.07, 6.45) is 1.54. The lowest BCUT2D eigenvalue weighted by Crippen LogP contribution is -2.47. The molecule has 1 atom stereocenters. The molecule has 0 heterocycles. The molecule has 22 heavy (non-hydrogen) atoms. The number of rotatable bonds is 8. The number of benzene rings is 1. The van der Waals surface area contributed by atoms with Crippen molar-refractivity contribution in [3.8, 4) is 0 Å². The zero-order valence-corrected chi connectivity index (χ0v) is 13.0. The molecule has 0 radical (unpaired) electrons. The van der Waals surface area contributed by atoms with Gasteiger partial charge in [0.25, 0.3) is 0 Å². The minimum Gasteiger partial charge on any atom is -0.426 e. The van der Waals surface area contributed by atoms with Crippen LogP contribution in [0, 0.1) is 13.8 Å². The maximum Gasteiger partial charge on any atom is 0.475 e. The van der Waals surface area contributed by atoms with Crippen LogP contribution in [0.3, 0.4) is 0 Å². The highest BCUT2D eigenvalue weighted by molar-refractivity contribution is 6.43. The van der Waals surface area contributed by atoms with Crippen molar-refractivity contribution in [1.29, 1.82) is 0 Å². The summed E-state index contributed by atoms with van der Waals surface area (Å²) in [5.74, 6) is -1.42. The highest BCUT2D eigenvalue weighted by Crippen LogP contribution is 2.12. The summed E-state index contributed by atoms with van der Waals surface area (Å²) < 4.78 is 0. The van der Waals surface area contributed by atoms with E-state index < -0.39 is 19.0 Å². The molecule has 1 aromatic rings. The van der Waals surface area contributed by atoms with Crippen molar-refractivity contribution in [2.24, 2.45) is 0 Å². The van der Waals surface area contributed by atoms with E-state index in [0.29, 0.717) is 6.42 Å².